The van der Waals surface area contributed by atoms with Crippen molar-refractivity contribution in [1.29, 1.82) is 0 Å². The zero-order valence-corrected chi connectivity index (χ0v) is 24.1. The molecule has 0 fully saturated rings. The summed E-state index contributed by atoms with van der Waals surface area (Å²) in [5, 5.41) is 11.0. The number of fused-ring (bicyclic) bond motifs is 3. The van der Waals surface area contributed by atoms with Crippen LogP contribution in [0.15, 0.2) is 156 Å². The van der Waals surface area contributed by atoms with Crippen LogP contribution in [0.5, 0.6) is 0 Å². The number of hydrogen-bond donors (Lipinski definition) is 0. The zero-order chi connectivity index (χ0) is 29.5. The van der Waals surface area contributed by atoms with Crippen molar-refractivity contribution in [3.05, 3.63) is 157 Å². The molecular weight excluding hydrogens is 540 g/mol. The van der Waals surface area contributed by atoms with Gasteiger partial charge in [0, 0.05) is 44.6 Å². The molecule has 0 saturated carbocycles. The van der Waals surface area contributed by atoms with Gasteiger partial charge in [0.15, 0.2) is 0 Å². The number of anilines is 3. The Hall–Kier alpha value is -5.94. The zero-order valence-electron chi connectivity index (χ0n) is 24.1. The van der Waals surface area contributed by atoms with Crippen LogP contribution in [0.2, 0.25) is 0 Å². The first kappa shape index (κ1) is 25.7. The Kier molecular flexibility index (Phi) is 6.27. The maximum atomic E-state index is 6.03. The summed E-state index contributed by atoms with van der Waals surface area (Å²) in [5.41, 5.74) is 9.68. The van der Waals surface area contributed by atoms with Crippen LogP contribution in [0, 0.1) is 6.92 Å². The smallest absolute Gasteiger partial charge is 0.248 e. The maximum Gasteiger partial charge on any atom is 0.248 e. The van der Waals surface area contributed by atoms with E-state index in [-0.39, 0.29) is 0 Å². The van der Waals surface area contributed by atoms with Gasteiger partial charge in [-0.3, -0.25) is 0 Å². The van der Waals surface area contributed by atoms with E-state index in [0.717, 1.165) is 33.9 Å². The first-order chi connectivity index (χ1) is 21.7. The van der Waals surface area contributed by atoms with E-state index >= 15 is 0 Å². The third-order valence-corrected chi connectivity index (χ3v) is 8.01. The summed E-state index contributed by atoms with van der Waals surface area (Å²) < 4.78 is 8.37. The van der Waals surface area contributed by atoms with Crippen LogP contribution >= 0.6 is 0 Å². The highest BCUT2D eigenvalue weighted by atomic mass is 16.4. The Labute approximate surface area is 255 Å². The van der Waals surface area contributed by atoms with Crippen molar-refractivity contribution in [3.63, 3.8) is 0 Å². The number of aryl methyl sites for hydroxylation is 1. The molecule has 5 heteroatoms. The molecule has 0 bridgehead atoms. The molecule has 0 N–H and O–H groups in total. The molecule has 8 rings (SSSR count). The Balaban J connectivity index is 1.24. The summed E-state index contributed by atoms with van der Waals surface area (Å²) in [7, 11) is 0. The second kappa shape index (κ2) is 10.7. The lowest BCUT2D eigenvalue weighted by atomic mass is 10.1. The molecule has 0 aliphatic heterocycles. The highest BCUT2D eigenvalue weighted by Gasteiger charge is 2.18. The molecule has 0 radical (unpaired) electrons. The number of hydrogen-bond acceptors (Lipinski definition) is 4. The van der Waals surface area contributed by atoms with Crippen molar-refractivity contribution < 1.29 is 4.42 Å². The minimum atomic E-state index is 0.493. The molecule has 0 saturated heterocycles. The van der Waals surface area contributed by atoms with Gasteiger partial charge in [-0.1, -0.05) is 66.7 Å². The molecule has 0 atom stereocenters. The summed E-state index contributed by atoms with van der Waals surface area (Å²) in [6.07, 6.45) is 0. The molecule has 0 amide bonds. The van der Waals surface area contributed by atoms with Crippen molar-refractivity contribution in [2.45, 2.75) is 6.92 Å². The second-order valence-corrected chi connectivity index (χ2v) is 10.9. The van der Waals surface area contributed by atoms with Gasteiger partial charge in [0.05, 0.1) is 11.0 Å². The van der Waals surface area contributed by atoms with E-state index in [9.17, 15) is 0 Å². The normalized spacial score (nSPS) is 11.3. The first-order valence-electron chi connectivity index (χ1n) is 14.7. The van der Waals surface area contributed by atoms with E-state index in [1.54, 1.807) is 0 Å². The van der Waals surface area contributed by atoms with E-state index in [2.05, 4.69) is 136 Å². The second-order valence-electron chi connectivity index (χ2n) is 10.9. The van der Waals surface area contributed by atoms with Crippen molar-refractivity contribution in [2.75, 3.05) is 4.90 Å². The Morgan fingerprint density at radius 2 is 1.11 bits per heavy atom. The maximum absolute atomic E-state index is 6.03. The van der Waals surface area contributed by atoms with E-state index in [1.165, 1.54) is 27.4 Å². The van der Waals surface area contributed by atoms with Gasteiger partial charge in [-0.05, 0) is 97.4 Å². The average Bonchev–Trinajstić information content (AvgIpc) is 3.70. The lowest BCUT2D eigenvalue weighted by Gasteiger charge is -2.26. The predicted octanol–water partition coefficient (Wildman–Crippen LogP) is 10.3. The fourth-order valence-electron chi connectivity index (χ4n) is 5.96. The van der Waals surface area contributed by atoms with Gasteiger partial charge in [-0.15, -0.1) is 10.2 Å². The highest BCUT2D eigenvalue weighted by molar-refractivity contribution is 6.10. The molecule has 5 nitrogen and oxygen atoms in total. The van der Waals surface area contributed by atoms with Crippen LogP contribution in [0.4, 0.5) is 17.1 Å². The first-order valence-corrected chi connectivity index (χ1v) is 14.7. The number of benzene rings is 6. The van der Waals surface area contributed by atoms with Crippen LogP contribution in [-0.4, -0.2) is 14.8 Å². The fourth-order valence-corrected chi connectivity index (χ4v) is 5.96. The summed E-state index contributed by atoms with van der Waals surface area (Å²) in [5.74, 6) is 1.00. The average molecular weight is 569 g/mol. The van der Waals surface area contributed by atoms with Gasteiger partial charge in [0.25, 0.3) is 0 Å². The monoisotopic (exact) mass is 568 g/mol. The number of rotatable bonds is 6. The summed E-state index contributed by atoms with van der Waals surface area (Å²) >= 11 is 0. The molecule has 2 heterocycles. The third-order valence-electron chi connectivity index (χ3n) is 8.01. The predicted molar refractivity (Wildman–Crippen MR) is 179 cm³/mol. The topological polar surface area (TPSA) is 47.1 Å². The van der Waals surface area contributed by atoms with Crippen LogP contribution in [0.3, 0.4) is 0 Å². The van der Waals surface area contributed by atoms with Crippen LogP contribution in [-0.2, 0) is 0 Å². The fraction of sp³-hybridized carbons (Fsp3) is 0.0256. The quantitative estimate of drug-likeness (QED) is 0.200. The highest BCUT2D eigenvalue weighted by Crippen LogP contribution is 2.40. The molecule has 2 aromatic heterocycles. The standard InChI is InChI=1S/C39H28N4O/c1-27-11-10-16-32(25-27)42(31-21-19-29(20-22-31)39-41-40-38(44-39)28-12-4-2-5-13-28)33-23-24-37-35(26-33)34-17-8-9-18-36(34)43(37)30-14-6-3-7-15-30/h2-26H,1H3. The molecule has 6 aromatic carbocycles. The molecule has 44 heavy (non-hydrogen) atoms. The van der Waals surface area contributed by atoms with Gasteiger partial charge < -0.3 is 13.9 Å². The summed E-state index contributed by atoms with van der Waals surface area (Å²) in [6, 6.07) is 52.7. The molecule has 0 spiro atoms. The van der Waals surface area contributed by atoms with E-state index in [1.807, 2.05) is 42.5 Å². The minimum Gasteiger partial charge on any atom is -0.416 e. The van der Waals surface area contributed by atoms with Crippen molar-refractivity contribution >= 4 is 38.9 Å². The largest absolute Gasteiger partial charge is 0.416 e. The Bertz CT molecular complexity index is 2230. The summed E-state index contributed by atoms with van der Waals surface area (Å²) in [4.78, 5) is 2.30. The van der Waals surface area contributed by atoms with Gasteiger partial charge in [0.2, 0.25) is 11.8 Å². The van der Waals surface area contributed by atoms with E-state index in [0.29, 0.717) is 11.8 Å². The lowest BCUT2D eigenvalue weighted by molar-refractivity contribution is 0.584. The van der Waals surface area contributed by atoms with Crippen molar-refractivity contribution in [1.82, 2.24) is 14.8 Å². The summed E-state index contributed by atoms with van der Waals surface area (Å²) in [6.45, 7) is 2.13. The molecule has 210 valence electrons. The lowest BCUT2D eigenvalue weighted by Crippen LogP contribution is -2.10. The molecule has 0 unspecified atom stereocenters. The van der Waals surface area contributed by atoms with Crippen molar-refractivity contribution in [2.24, 2.45) is 0 Å². The Morgan fingerprint density at radius 1 is 0.500 bits per heavy atom. The van der Waals surface area contributed by atoms with Crippen LogP contribution in [0.1, 0.15) is 5.56 Å². The molecule has 0 aliphatic carbocycles. The SMILES string of the molecule is Cc1cccc(N(c2ccc(-c3nnc(-c4ccccc4)o3)cc2)c2ccc3c(c2)c2ccccc2n3-c2ccccc2)c1. The van der Waals surface area contributed by atoms with Gasteiger partial charge in [-0.25, -0.2) is 0 Å². The van der Waals surface area contributed by atoms with E-state index < -0.39 is 0 Å². The van der Waals surface area contributed by atoms with Gasteiger partial charge in [0.1, 0.15) is 0 Å². The van der Waals surface area contributed by atoms with E-state index in [4.69, 9.17) is 4.42 Å². The van der Waals surface area contributed by atoms with Gasteiger partial charge >= 0.3 is 0 Å². The number of aromatic nitrogens is 3. The number of para-hydroxylation sites is 2. The molecule has 0 aliphatic rings. The van der Waals surface area contributed by atoms with Crippen LogP contribution < -0.4 is 4.90 Å². The molecular formula is C39H28N4O. The van der Waals surface area contributed by atoms with Crippen LogP contribution in [0.25, 0.3) is 50.4 Å². The third kappa shape index (κ3) is 4.52. The Morgan fingerprint density at radius 3 is 1.86 bits per heavy atom. The minimum absolute atomic E-state index is 0.493. The molecule has 8 aromatic rings. The van der Waals surface area contributed by atoms with Crippen molar-refractivity contribution in [3.8, 4) is 28.6 Å². The number of nitrogens with zero attached hydrogens (tertiary/aromatic N) is 4. The van der Waals surface area contributed by atoms with Gasteiger partial charge in [-0.2, -0.15) is 0 Å².